The molecule has 4 aromatic carbocycles. The van der Waals surface area contributed by atoms with Gasteiger partial charge >= 0.3 is 5.97 Å². The Morgan fingerprint density at radius 3 is 2.38 bits per heavy atom. The first-order valence-corrected chi connectivity index (χ1v) is 12.3. The third kappa shape index (κ3) is 5.34. The fourth-order valence-corrected chi connectivity index (χ4v) is 4.52. The molecule has 0 aliphatic carbocycles. The highest BCUT2D eigenvalue weighted by atomic mass is 35.5. The zero-order valence-electron chi connectivity index (χ0n) is 20.1. The van der Waals surface area contributed by atoms with Crippen LogP contribution in [-0.2, 0) is 14.3 Å². The molecule has 7 heteroatoms. The third-order valence-electron chi connectivity index (χ3n) is 6.38. The van der Waals surface area contributed by atoms with Crippen molar-refractivity contribution in [3.8, 4) is 11.5 Å². The fraction of sp³-hybridized carbons (Fsp3) is 0.167. The van der Waals surface area contributed by atoms with Gasteiger partial charge in [0.05, 0.1) is 5.92 Å². The number of anilines is 1. The van der Waals surface area contributed by atoms with E-state index in [0.717, 1.165) is 16.5 Å². The number of nitrogens with zero attached hydrogens (tertiary/aromatic N) is 1. The van der Waals surface area contributed by atoms with Gasteiger partial charge in [0.2, 0.25) is 11.7 Å². The standard InChI is InChI=1S/C30H24ClNO5/c1-19(29(34)21-9-11-23(31)12-10-21)36-30(35)22-17-28(33)32(18-22)24-13-15-25(16-14-24)37-27-8-4-6-20-5-2-3-7-26(20)27/h2-16,19,22H,17-18H2,1H3/t19-,22+/m0/s1. The Morgan fingerprint density at radius 1 is 0.919 bits per heavy atom. The maximum atomic E-state index is 12.7. The molecule has 0 unspecified atom stereocenters. The molecule has 4 aromatic rings. The van der Waals surface area contributed by atoms with Crippen LogP contribution in [0.15, 0.2) is 91.0 Å². The van der Waals surface area contributed by atoms with E-state index in [2.05, 4.69) is 0 Å². The maximum absolute atomic E-state index is 12.7. The predicted octanol–water partition coefficient (Wildman–Crippen LogP) is 6.45. The molecule has 6 nitrogen and oxygen atoms in total. The second-order valence-electron chi connectivity index (χ2n) is 8.93. The van der Waals surface area contributed by atoms with Gasteiger partial charge in [0.1, 0.15) is 11.5 Å². The summed E-state index contributed by atoms with van der Waals surface area (Å²) in [6, 6.07) is 27.4. The van der Waals surface area contributed by atoms with Crippen LogP contribution in [0.5, 0.6) is 11.5 Å². The van der Waals surface area contributed by atoms with E-state index < -0.39 is 18.0 Å². The van der Waals surface area contributed by atoms with Crippen molar-refractivity contribution >= 4 is 45.7 Å². The molecule has 186 valence electrons. The number of carbonyl (C=O) groups is 3. The summed E-state index contributed by atoms with van der Waals surface area (Å²) in [5, 5.41) is 2.61. The normalized spacial score (nSPS) is 16.0. The van der Waals surface area contributed by atoms with Crippen LogP contribution >= 0.6 is 11.6 Å². The minimum atomic E-state index is -0.969. The van der Waals surface area contributed by atoms with Gasteiger partial charge in [0.25, 0.3) is 0 Å². The van der Waals surface area contributed by atoms with Crippen molar-refractivity contribution in [2.24, 2.45) is 5.92 Å². The Hall–Kier alpha value is -4.16. The van der Waals surface area contributed by atoms with Crippen LogP contribution in [0.4, 0.5) is 5.69 Å². The van der Waals surface area contributed by atoms with Crippen molar-refractivity contribution in [3.05, 3.63) is 102 Å². The van der Waals surface area contributed by atoms with Gasteiger partial charge < -0.3 is 14.4 Å². The average molecular weight is 514 g/mol. The second-order valence-corrected chi connectivity index (χ2v) is 9.37. The molecule has 5 rings (SSSR count). The zero-order chi connectivity index (χ0) is 25.9. The Kier molecular flexibility index (Phi) is 6.93. The van der Waals surface area contributed by atoms with Gasteiger partial charge in [-0.15, -0.1) is 0 Å². The quantitative estimate of drug-likeness (QED) is 0.210. The number of amides is 1. The Labute approximate surface area is 219 Å². The summed E-state index contributed by atoms with van der Waals surface area (Å²) < 4.78 is 11.5. The van der Waals surface area contributed by atoms with Crippen molar-refractivity contribution in [2.45, 2.75) is 19.4 Å². The summed E-state index contributed by atoms with van der Waals surface area (Å²) in [7, 11) is 0. The molecule has 1 aliphatic rings. The van der Waals surface area contributed by atoms with Crippen molar-refractivity contribution in [1.82, 2.24) is 0 Å². The number of carbonyl (C=O) groups excluding carboxylic acids is 3. The summed E-state index contributed by atoms with van der Waals surface area (Å²) in [5.41, 5.74) is 1.07. The van der Waals surface area contributed by atoms with Gasteiger partial charge in [-0.3, -0.25) is 14.4 Å². The number of halogens is 1. The van der Waals surface area contributed by atoms with Crippen molar-refractivity contribution in [3.63, 3.8) is 0 Å². The molecule has 0 N–H and O–H groups in total. The molecule has 0 bridgehead atoms. The molecule has 0 radical (unpaired) electrons. The average Bonchev–Trinajstić information content (AvgIpc) is 3.31. The minimum Gasteiger partial charge on any atom is -0.457 e. The lowest BCUT2D eigenvalue weighted by atomic mass is 10.1. The monoisotopic (exact) mass is 513 g/mol. The number of rotatable bonds is 7. The lowest BCUT2D eigenvalue weighted by Gasteiger charge is -2.18. The van der Waals surface area contributed by atoms with E-state index in [1.165, 1.54) is 6.92 Å². The SMILES string of the molecule is C[C@H](OC(=O)[C@@H]1CC(=O)N(c2ccc(Oc3cccc4ccccc34)cc2)C1)C(=O)c1ccc(Cl)cc1. The van der Waals surface area contributed by atoms with E-state index in [4.69, 9.17) is 21.1 Å². The Bertz CT molecular complexity index is 1460. The van der Waals surface area contributed by atoms with Crippen LogP contribution in [0.1, 0.15) is 23.7 Å². The van der Waals surface area contributed by atoms with Gasteiger partial charge in [-0.2, -0.15) is 0 Å². The highest BCUT2D eigenvalue weighted by Gasteiger charge is 2.37. The first kappa shape index (κ1) is 24.5. The van der Waals surface area contributed by atoms with Gasteiger partial charge in [-0.25, -0.2) is 0 Å². The first-order chi connectivity index (χ1) is 17.9. The van der Waals surface area contributed by atoms with Crippen LogP contribution in [0, 0.1) is 5.92 Å². The fourth-order valence-electron chi connectivity index (χ4n) is 4.39. The topological polar surface area (TPSA) is 72.9 Å². The number of esters is 1. The molecular formula is C30H24ClNO5. The van der Waals surface area contributed by atoms with Crippen LogP contribution in [0.2, 0.25) is 5.02 Å². The van der Waals surface area contributed by atoms with Gasteiger partial charge in [0.15, 0.2) is 6.10 Å². The van der Waals surface area contributed by atoms with E-state index in [0.29, 0.717) is 22.0 Å². The zero-order valence-corrected chi connectivity index (χ0v) is 20.9. The van der Waals surface area contributed by atoms with Crippen LogP contribution < -0.4 is 9.64 Å². The molecule has 1 saturated heterocycles. The van der Waals surface area contributed by atoms with Crippen LogP contribution in [0.25, 0.3) is 10.8 Å². The molecule has 37 heavy (non-hydrogen) atoms. The summed E-state index contributed by atoms with van der Waals surface area (Å²) in [4.78, 5) is 39.6. The summed E-state index contributed by atoms with van der Waals surface area (Å²) in [6.07, 6.45) is -0.946. The van der Waals surface area contributed by atoms with Crippen molar-refractivity contribution in [2.75, 3.05) is 11.4 Å². The molecular weight excluding hydrogens is 490 g/mol. The number of hydrogen-bond acceptors (Lipinski definition) is 5. The lowest BCUT2D eigenvalue weighted by molar-refractivity contribution is -0.151. The van der Waals surface area contributed by atoms with Crippen molar-refractivity contribution in [1.29, 1.82) is 0 Å². The number of fused-ring (bicyclic) bond motifs is 1. The van der Waals surface area contributed by atoms with E-state index in [9.17, 15) is 14.4 Å². The van der Waals surface area contributed by atoms with E-state index in [-0.39, 0.29) is 24.7 Å². The Balaban J connectivity index is 1.22. The number of ether oxygens (including phenoxy) is 2. The van der Waals surface area contributed by atoms with Crippen molar-refractivity contribution < 1.29 is 23.9 Å². The van der Waals surface area contributed by atoms with Gasteiger partial charge in [-0.05, 0) is 66.9 Å². The smallest absolute Gasteiger partial charge is 0.312 e. The van der Waals surface area contributed by atoms with E-state index in [1.54, 1.807) is 53.4 Å². The highest BCUT2D eigenvalue weighted by molar-refractivity contribution is 6.30. The summed E-state index contributed by atoms with van der Waals surface area (Å²) in [6.45, 7) is 1.71. The number of benzene rings is 4. The molecule has 0 aromatic heterocycles. The summed E-state index contributed by atoms with van der Waals surface area (Å²) >= 11 is 5.87. The molecule has 1 fully saturated rings. The van der Waals surface area contributed by atoms with E-state index in [1.807, 2.05) is 42.5 Å². The van der Waals surface area contributed by atoms with Gasteiger partial charge in [-0.1, -0.05) is 48.0 Å². The van der Waals surface area contributed by atoms with Crippen LogP contribution in [-0.4, -0.2) is 30.3 Å². The minimum absolute atomic E-state index is 0.0228. The van der Waals surface area contributed by atoms with Crippen LogP contribution in [0.3, 0.4) is 0 Å². The maximum Gasteiger partial charge on any atom is 0.312 e. The molecule has 1 amide bonds. The van der Waals surface area contributed by atoms with Gasteiger partial charge in [0, 0.05) is 34.6 Å². The Morgan fingerprint density at radius 2 is 1.62 bits per heavy atom. The molecule has 1 aliphatic heterocycles. The molecule has 2 atom stereocenters. The first-order valence-electron chi connectivity index (χ1n) is 12.0. The predicted molar refractivity (Wildman–Crippen MR) is 142 cm³/mol. The van der Waals surface area contributed by atoms with E-state index >= 15 is 0 Å². The number of Topliss-reactive ketones (excluding diaryl/α,β-unsaturated/α-hetero) is 1. The number of ketones is 1. The summed E-state index contributed by atoms with van der Waals surface area (Å²) in [5.74, 6) is -0.346. The molecule has 0 saturated carbocycles. The lowest BCUT2D eigenvalue weighted by Crippen LogP contribution is -2.30. The highest BCUT2D eigenvalue weighted by Crippen LogP contribution is 2.32. The molecule has 1 heterocycles. The second kappa shape index (κ2) is 10.4. The third-order valence-corrected chi connectivity index (χ3v) is 6.63. The largest absolute Gasteiger partial charge is 0.457 e. The number of hydrogen-bond donors (Lipinski definition) is 0. The molecule has 0 spiro atoms.